The Balaban J connectivity index is 1.66. The minimum Gasteiger partial charge on any atom is -0.495 e. The molecule has 5 nitrogen and oxygen atoms in total. The minimum absolute atomic E-state index is 0.0520. The van der Waals surface area contributed by atoms with Gasteiger partial charge in [-0.25, -0.2) is 0 Å². The van der Waals surface area contributed by atoms with Crippen LogP contribution in [0.3, 0.4) is 0 Å². The zero-order valence-corrected chi connectivity index (χ0v) is 15.5. The fourth-order valence-electron chi connectivity index (χ4n) is 2.46. The Bertz CT molecular complexity index is 916. The van der Waals surface area contributed by atoms with Crippen molar-refractivity contribution in [2.45, 2.75) is 0 Å². The maximum Gasteiger partial charge on any atom is 0.243 e. The summed E-state index contributed by atoms with van der Waals surface area (Å²) in [6.07, 6.45) is 0. The number of hydrogen-bond donors (Lipinski definition) is 2. The summed E-state index contributed by atoms with van der Waals surface area (Å²) in [5.74, 6) is 1.65. The van der Waals surface area contributed by atoms with Crippen molar-refractivity contribution in [3.8, 4) is 17.2 Å². The van der Waals surface area contributed by atoms with E-state index in [-0.39, 0.29) is 12.5 Å². The fraction of sp³-hybridized carbons (Fsp3) is 0.0952. The van der Waals surface area contributed by atoms with Crippen molar-refractivity contribution in [1.82, 2.24) is 0 Å². The van der Waals surface area contributed by atoms with Crippen LogP contribution in [0, 0.1) is 0 Å². The summed E-state index contributed by atoms with van der Waals surface area (Å²) < 4.78 is 11.1. The zero-order chi connectivity index (χ0) is 19.1. The Hall–Kier alpha value is -3.18. The van der Waals surface area contributed by atoms with Crippen LogP contribution in [0.25, 0.3) is 0 Å². The van der Waals surface area contributed by atoms with Crippen LogP contribution in [0.4, 0.5) is 11.4 Å². The number of ether oxygens (including phenoxy) is 2. The average Bonchev–Trinajstić information content (AvgIpc) is 2.69. The van der Waals surface area contributed by atoms with E-state index >= 15 is 0 Å². The largest absolute Gasteiger partial charge is 0.495 e. The molecule has 0 fully saturated rings. The van der Waals surface area contributed by atoms with Crippen molar-refractivity contribution in [3.05, 3.63) is 77.8 Å². The molecule has 0 heterocycles. The molecule has 0 spiro atoms. The number of halogens is 1. The van der Waals surface area contributed by atoms with Gasteiger partial charge in [-0.3, -0.25) is 4.79 Å². The van der Waals surface area contributed by atoms with E-state index < -0.39 is 0 Å². The van der Waals surface area contributed by atoms with E-state index in [9.17, 15) is 4.79 Å². The van der Waals surface area contributed by atoms with Crippen molar-refractivity contribution in [2.24, 2.45) is 0 Å². The van der Waals surface area contributed by atoms with Crippen LogP contribution in [0.2, 0.25) is 5.02 Å². The lowest BCUT2D eigenvalue weighted by atomic mass is 10.2. The van der Waals surface area contributed by atoms with Gasteiger partial charge in [-0.15, -0.1) is 0 Å². The smallest absolute Gasteiger partial charge is 0.243 e. The van der Waals surface area contributed by atoms with Gasteiger partial charge in [0.15, 0.2) is 5.75 Å². The molecule has 3 aromatic rings. The van der Waals surface area contributed by atoms with E-state index in [0.717, 1.165) is 0 Å². The highest BCUT2D eigenvalue weighted by Gasteiger charge is 2.10. The Labute approximate surface area is 162 Å². The third kappa shape index (κ3) is 5.15. The molecule has 0 aliphatic heterocycles. The number of carbonyl (C=O) groups excluding carboxylic acids is 1. The van der Waals surface area contributed by atoms with Crippen LogP contribution < -0.4 is 20.1 Å². The second kappa shape index (κ2) is 8.96. The van der Waals surface area contributed by atoms with Crippen LogP contribution in [0.1, 0.15) is 0 Å². The van der Waals surface area contributed by atoms with Crippen LogP contribution in [-0.2, 0) is 4.79 Å². The van der Waals surface area contributed by atoms with Crippen molar-refractivity contribution in [3.63, 3.8) is 0 Å². The van der Waals surface area contributed by atoms with Crippen LogP contribution in [0.15, 0.2) is 72.8 Å². The van der Waals surface area contributed by atoms with E-state index in [1.165, 1.54) is 0 Å². The highest BCUT2D eigenvalue weighted by molar-refractivity contribution is 6.30. The number of amides is 1. The fourth-order valence-corrected chi connectivity index (χ4v) is 2.63. The molecule has 0 radical (unpaired) electrons. The van der Waals surface area contributed by atoms with Gasteiger partial charge >= 0.3 is 0 Å². The quantitative estimate of drug-likeness (QED) is 0.590. The van der Waals surface area contributed by atoms with E-state index in [0.29, 0.717) is 33.6 Å². The summed E-state index contributed by atoms with van der Waals surface area (Å²) >= 11 is 6.00. The topological polar surface area (TPSA) is 59.6 Å². The number of nitrogens with one attached hydrogen (secondary N) is 2. The molecule has 0 saturated carbocycles. The Morgan fingerprint density at radius 2 is 1.67 bits per heavy atom. The second-order valence-corrected chi connectivity index (χ2v) is 6.09. The van der Waals surface area contributed by atoms with Gasteiger partial charge in [-0.1, -0.05) is 41.9 Å². The number of rotatable bonds is 7. The van der Waals surface area contributed by atoms with Gasteiger partial charge in [0, 0.05) is 5.02 Å². The predicted molar refractivity (Wildman–Crippen MR) is 108 cm³/mol. The second-order valence-electron chi connectivity index (χ2n) is 5.66. The number of carbonyl (C=O) groups is 1. The highest BCUT2D eigenvalue weighted by atomic mass is 35.5. The first-order valence-corrected chi connectivity index (χ1v) is 8.72. The summed E-state index contributed by atoms with van der Waals surface area (Å²) in [7, 11) is 1.56. The molecule has 2 N–H and O–H groups in total. The Morgan fingerprint density at radius 3 is 2.44 bits per heavy atom. The highest BCUT2D eigenvalue weighted by Crippen LogP contribution is 2.30. The average molecular weight is 383 g/mol. The standard InChI is InChI=1S/C21H19ClN2O3/c1-26-19-12-11-15(22)13-18(19)23-14-21(25)24-17-9-5-6-10-20(17)27-16-7-3-2-4-8-16/h2-13,23H,14H2,1H3,(H,24,25). The van der Waals surface area contributed by atoms with E-state index in [2.05, 4.69) is 10.6 Å². The number of methoxy groups -OCH3 is 1. The molecule has 0 unspecified atom stereocenters. The molecule has 138 valence electrons. The van der Waals surface area contributed by atoms with Gasteiger partial charge in [-0.2, -0.15) is 0 Å². The summed E-state index contributed by atoms with van der Waals surface area (Å²) in [5.41, 5.74) is 1.24. The van der Waals surface area contributed by atoms with Gasteiger partial charge in [-0.05, 0) is 42.5 Å². The summed E-state index contributed by atoms with van der Waals surface area (Å²) in [4.78, 5) is 12.4. The van der Waals surface area contributed by atoms with E-state index in [4.69, 9.17) is 21.1 Å². The van der Waals surface area contributed by atoms with Crippen LogP contribution >= 0.6 is 11.6 Å². The third-order valence-corrected chi connectivity index (χ3v) is 3.97. The van der Waals surface area contributed by atoms with Gasteiger partial charge in [0.25, 0.3) is 0 Å². The zero-order valence-electron chi connectivity index (χ0n) is 14.7. The molecule has 3 aromatic carbocycles. The maximum atomic E-state index is 12.4. The third-order valence-electron chi connectivity index (χ3n) is 3.73. The molecule has 0 bridgehead atoms. The summed E-state index contributed by atoms with van der Waals surface area (Å²) in [6.45, 7) is 0.0520. The summed E-state index contributed by atoms with van der Waals surface area (Å²) in [5, 5.41) is 6.44. The molecule has 6 heteroatoms. The molecule has 0 aliphatic rings. The number of anilines is 2. The molecule has 0 aromatic heterocycles. The number of para-hydroxylation sites is 3. The first-order chi connectivity index (χ1) is 13.2. The monoisotopic (exact) mass is 382 g/mol. The van der Waals surface area contributed by atoms with E-state index in [1.807, 2.05) is 42.5 Å². The van der Waals surface area contributed by atoms with Gasteiger partial charge < -0.3 is 20.1 Å². The van der Waals surface area contributed by atoms with Gasteiger partial charge in [0.05, 0.1) is 25.0 Å². The SMILES string of the molecule is COc1ccc(Cl)cc1NCC(=O)Nc1ccccc1Oc1ccccc1. The molecule has 0 saturated heterocycles. The lowest BCUT2D eigenvalue weighted by Gasteiger charge is -2.14. The molecule has 1 amide bonds. The molecular formula is C21H19ClN2O3. The minimum atomic E-state index is -0.221. The molecular weight excluding hydrogens is 364 g/mol. The first-order valence-electron chi connectivity index (χ1n) is 8.35. The van der Waals surface area contributed by atoms with Crippen molar-refractivity contribution in [1.29, 1.82) is 0 Å². The molecule has 0 atom stereocenters. The molecule has 27 heavy (non-hydrogen) atoms. The van der Waals surface area contributed by atoms with Crippen molar-refractivity contribution in [2.75, 3.05) is 24.3 Å². The van der Waals surface area contributed by atoms with Crippen LogP contribution in [0.5, 0.6) is 17.2 Å². The summed E-state index contributed by atoms with van der Waals surface area (Å²) in [6, 6.07) is 21.8. The Morgan fingerprint density at radius 1 is 0.926 bits per heavy atom. The maximum absolute atomic E-state index is 12.4. The normalized spacial score (nSPS) is 10.1. The number of benzene rings is 3. The van der Waals surface area contributed by atoms with Crippen LogP contribution in [-0.4, -0.2) is 19.6 Å². The lowest BCUT2D eigenvalue weighted by Crippen LogP contribution is -2.22. The van der Waals surface area contributed by atoms with Gasteiger partial charge in [0.2, 0.25) is 5.91 Å². The van der Waals surface area contributed by atoms with E-state index in [1.54, 1.807) is 37.4 Å². The van der Waals surface area contributed by atoms with Crippen molar-refractivity contribution >= 4 is 28.9 Å². The molecule has 3 rings (SSSR count). The number of hydrogen-bond acceptors (Lipinski definition) is 4. The molecule has 0 aliphatic carbocycles. The predicted octanol–water partition coefficient (Wildman–Crippen LogP) is 5.19. The van der Waals surface area contributed by atoms with Crippen molar-refractivity contribution < 1.29 is 14.3 Å². The van der Waals surface area contributed by atoms with Gasteiger partial charge in [0.1, 0.15) is 11.5 Å². The Kier molecular flexibility index (Phi) is 6.18. The lowest BCUT2D eigenvalue weighted by molar-refractivity contribution is -0.114. The first kappa shape index (κ1) is 18.6.